The maximum absolute atomic E-state index is 10.0. The van der Waals surface area contributed by atoms with E-state index in [1.165, 1.54) is 0 Å². The fourth-order valence-electron chi connectivity index (χ4n) is 2.56. The van der Waals surface area contributed by atoms with E-state index in [2.05, 4.69) is 15.0 Å². The molecule has 3 rings (SSSR count). The summed E-state index contributed by atoms with van der Waals surface area (Å²) in [7, 11) is 0. The minimum absolute atomic E-state index is 0.0468. The van der Waals surface area contributed by atoms with Crippen molar-refractivity contribution in [2.45, 2.75) is 12.5 Å². The van der Waals surface area contributed by atoms with Crippen LogP contribution < -0.4 is 15.4 Å². The van der Waals surface area contributed by atoms with Gasteiger partial charge in [-0.2, -0.15) is 4.37 Å². The van der Waals surface area contributed by atoms with Gasteiger partial charge in [-0.3, -0.25) is 5.41 Å². The van der Waals surface area contributed by atoms with Gasteiger partial charge in [-0.25, -0.2) is 0 Å². The van der Waals surface area contributed by atoms with Gasteiger partial charge in [0.25, 0.3) is 0 Å². The minimum atomic E-state index is -0.866. The van der Waals surface area contributed by atoms with Crippen LogP contribution in [0.1, 0.15) is 12.0 Å². The molecule has 0 spiro atoms. The van der Waals surface area contributed by atoms with Gasteiger partial charge in [0.1, 0.15) is 27.9 Å². The molecule has 0 saturated carbocycles. The average molecular weight is 483 g/mol. The van der Waals surface area contributed by atoms with E-state index in [9.17, 15) is 10.2 Å². The SMILES string of the molecule is N=C(NCCC(O)CO)c1c(O)nsc1Nc1ccc(Oc2cc(Cl)ccc2Cl)cc1. The molecule has 0 bridgehead atoms. The van der Waals surface area contributed by atoms with Gasteiger partial charge in [-0.15, -0.1) is 0 Å². The van der Waals surface area contributed by atoms with Crippen molar-refractivity contribution in [3.63, 3.8) is 0 Å². The highest BCUT2D eigenvalue weighted by Crippen LogP contribution is 2.34. The van der Waals surface area contributed by atoms with Gasteiger partial charge in [0.15, 0.2) is 0 Å². The van der Waals surface area contributed by atoms with Gasteiger partial charge in [-0.05, 0) is 54.4 Å². The fraction of sp³-hybridized carbons (Fsp3) is 0.200. The maximum Gasteiger partial charge on any atom is 0.236 e. The van der Waals surface area contributed by atoms with Crippen molar-refractivity contribution in [1.82, 2.24) is 9.69 Å². The number of aliphatic hydroxyl groups is 2. The highest BCUT2D eigenvalue weighted by Gasteiger charge is 2.18. The summed E-state index contributed by atoms with van der Waals surface area (Å²) >= 11 is 13.1. The molecule has 0 aliphatic carbocycles. The molecular weight excluding hydrogens is 463 g/mol. The molecule has 164 valence electrons. The van der Waals surface area contributed by atoms with Crippen molar-refractivity contribution in [2.75, 3.05) is 18.5 Å². The number of hydrogen-bond donors (Lipinski definition) is 6. The van der Waals surface area contributed by atoms with Gasteiger partial charge in [0.05, 0.1) is 17.7 Å². The van der Waals surface area contributed by atoms with Gasteiger partial charge in [0.2, 0.25) is 5.88 Å². The number of halogens is 2. The highest BCUT2D eigenvalue weighted by molar-refractivity contribution is 7.11. The van der Waals surface area contributed by atoms with Crippen molar-refractivity contribution >= 4 is 51.3 Å². The molecule has 11 heteroatoms. The number of nitrogens with one attached hydrogen (secondary N) is 3. The molecule has 3 aromatic rings. The second-order valence-corrected chi connectivity index (χ2v) is 8.08. The lowest BCUT2D eigenvalue weighted by Gasteiger charge is -2.12. The van der Waals surface area contributed by atoms with Crippen LogP contribution in [0.15, 0.2) is 42.5 Å². The Morgan fingerprint density at radius 1 is 1.19 bits per heavy atom. The third-order valence-electron chi connectivity index (χ3n) is 4.15. The van der Waals surface area contributed by atoms with E-state index in [1.807, 2.05) is 0 Å². The number of hydrogen-bond acceptors (Lipinski definition) is 8. The van der Waals surface area contributed by atoms with Crippen LogP contribution in [-0.4, -0.2) is 44.8 Å². The predicted molar refractivity (Wildman–Crippen MR) is 123 cm³/mol. The van der Waals surface area contributed by atoms with Crippen LogP contribution in [0, 0.1) is 5.41 Å². The molecule has 1 atom stereocenters. The van der Waals surface area contributed by atoms with E-state index in [0.717, 1.165) is 11.5 Å². The van der Waals surface area contributed by atoms with Crippen molar-refractivity contribution in [3.8, 4) is 17.4 Å². The Balaban J connectivity index is 1.66. The van der Waals surface area contributed by atoms with Gasteiger partial charge < -0.3 is 30.7 Å². The van der Waals surface area contributed by atoms with Crippen molar-refractivity contribution in [1.29, 1.82) is 5.41 Å². The highest BCUT2D eigenvalue weighted by atomic mass is 35.5. The molecular formula is C20H20Cl2N4O4S. The molecule has 2 aromatic carbocycles. The molecule has 0 radical (unpaired) electrons. The Labute approximate surface area is 192 Å². The van der Waals surface area contributed by atoms with E-state index >= 15 is 0 Å². The molecule has 0 saturated heterocycles. The standard InChI is InChI=1S/C20H20Cl2N4O4S/c21-11-1-6-15(22)16(9-11)30-14-4-2-12(3-5-14)25-20-17(19(29)26-31-20)18(23)24-8-7-13(28)10-27/h1-6,9,13,25,27-28H,7-8,10H2,(H2,23,24)(H,26,29). The van der Waals surface area contributed by atoms with E-state index in [4.69, 9.17) is 38.5 Å². The number of anilines is 2. The molecule has 1 heterocycles. The first-order valence-corrected chi connectivity index (χ1v) is 10.7. The maximum atomic E-state index is 10.0. The van der Waals surface area contributed by atoms with Gasteiger partial charge in [-0.1, -0.05) is 23.2 Å². The van der Waals surface area contributed by atoms with Crippen LogP contribution in [0.3, 0.4) is 0 Å². The summed E-state index contributed by atoms with van der Waals surface area (Å²) in [5, 5.41) is 43.8. The van der Waals surface area contributed by atoms with Crippen molar-refractivity contribution in [3.05, 3.63) is 58.1 Å². The van der Waals surface area contributed by atoms with E-state index in [-0.39, 0.29) is 36.9 Å². The number of benzene rings is 2. The van der Waals surface area contributed by atoms with E-state index < -0.39 is 6.10 Å². The van der Waals surface area contributed by atoms with Crippen molar-refractivity contribution < 1.29 is 20.1 Å². The predicted octanol–water partition coefficient (Wildman–Crippen LogP) is 4.35. The second-order valence-electron chi connectivity index (χ2n) is 6.46. The topological polar surface area (TPSA) is 131 Å². The Kier molecular flexibility index (Phi) is 7.94. The summed E-state index contributed by atoms with van der Waals surface area (Å²) in [6, 6.07) is 12.0. The average Bonchev–Trinajstić information content (AvgIpc) is 3.11. The van der Waals surface area contributed by atoms with E-state index in [0.29, 0.717) is 32.2 Å². The molecule has 0 aliphatic heterocycles. The number of amidine groups is 1. The summed E-state index contributed by atoms with van der Waals surface area (Å²) in [6.07, 6.45) is -0.604. The monoisotopic (exact) mass is 482 g/mol. The smallest absolute Gasteiger partial charge is 0.236 e. The molecule has 8 nitrogen and oxygen atoms in total. The van der Waals surface area contributed by atoms with Crippen molar-refractivity contribution in [2.24, 2.45) is 0 Å². The number of ether oxygens (including phenoxy) is 1. The Bertz CT molecular complexity index is 1050. The van der Waals surface area contributed by atoms with Crippen LogP contribution >= 0.6 is 34.7 Å². The van der Waals surface area contributed by atoms with E-state index in [1.54, 1.807) is 42.5 Å². The Morgan fingerprint density at radius 3 is 2.65 bits per heavy atom. The third kappa shape index (κ3) is 6.22. The number of aliphatic hydroxyl groups excluding tert-OH is 2. The minimum Gasteiger partial charge on any atom is -0.492 e. The largest absolute Gasteiger partial charge is 0.492 e. The van der Waals surface area contributed by atoms with Crippen LogP contribution in [0.4, 0.5) is 10.7 Å². The number of rotatable bonds is 9. The second kappa shape index (κ2) is 10.7. The molecule has 0 amide bonds. The van der Waals surface area contributed by atoms with Gasteiger partial charge in [0, 0.05) is 23.3 Å². The molecule has 6 N–H and O–H groups in total. The lowest BCUT2D eigenvalue weighted by Crippen LogP contribution is -2.28. The molecule has 0 fully saturated rings. The number of aromatic hydroxyl groups is 1. The van der Waals surface area contributed by atoms with Crippen LogP contribution in [0.25, 0.3) is 0 Å². The quantitative estimate of drug-likeness (QED) is 0.197. The zero-order chi connectivity index (χ0) is 22.4. The first kappa shape index (κ1) is 23.1. The first-order chi connectivity index (χ1) is 14.9. The molecule has 1 unspecified atom stereocenters. The first-order valence-electron chi connectivity index (χ1n) is 9.17. The summed E-state index contributed by atoms with van der Waals surface area (Å²) in [5.74, 6) is 0.673. The summed E-state index contributed by atoms with van der Waals surface area (Å²) in [5.41, 5.74) is 0.910. The van der Waals surface area contributed by atoms with Crippen LogP contribution in [0.2, 0.25) is 10.0 Å². The Morgan fingerprint density at radius 2 is 1.94 bits per heavy atom. The summed E-state index contributed by atoms with van der Waals surface area (Å²) in [6.45, 7) is -0.0936. The summed E-state index contributed by atoms with van der Waals surface area (Å²) < 4.78 is 9.65. The Hall–Kier alpha value is -2.56. The number of aromatic nitrogens is 1. The number of nitrogens with zero attached hydrogens (tertiary/aromatic N) is 1. The summed E-state index contributed by atoms with van der Waals surface area (Å²) in [4.78, 5) is 0. The lowest BCUT2D eigenvalue weighted by molar-refractivity contribution is 0.0893. The molecule has 0 aliphatic rings. The normalized spacial score (nSPS) is 11.7. The third-order valence-corrected chi connectivity index (χ3v) is 5.45. The lowest BCUT2D eigenvalue weighted by atomic mass is 10.2. The zero-order valence-electron chi connectivity index (χ0n) is 16.1. The van der Waals surface area contributed by atoms with Gasteiger partial charge >= 0.3 is 0 Å². The molecule has 1 aromatic heterocycles. The fourth-order valence-corrected chi connectivity index (χ4v) is 3.59. The van der Waals surface area contributed by atoms with Crippen LogP contribution in [-0.2, 0) is 0 Å². The molecule has 31 heavy (non-hydrogen) atoms. The van der Waals surface area contributed by atoms with Crippen LogP contribution in [0.5, 0.6) is 17.4 Å². The zero-order valence-corrected chi connectivity index (χ0v) is 18.4.